The summed E-state index contributed by atoms with van der Waals surface area (Å²) in [6.45, 7) is 5.56. The van der Waals surface area contributed by atoms with E-state index in [1.807, 2.05) is 18.2 Å². The Balaban J connectivity index is 2.10. The summed E-state index contributed by atoms with van der Waals surface area (Å²) in [7, 11) is 1.66. The van der Waals surface area contributed by atoms with Crippen molar-refractivity contribution in [2.45, 2.75) is 32.4 Å². The first kappa shape index (κ1) is 15.0. The van der Waals surface area contributed by atoms with Crippen LogP contribution in [0.3, 0.4) is 0 Å². The monoisotopic (exact) mass is 276 g/mol. The number of ether oxygens (including phenoxy) is 1. The quantitative estimate of drug-likeness (QED) is 0.860. The van der Waals surface area contributed by atoms with E-state index < -0.39 is 0 Å². The Morgan fingerprint density at radius 3 is 2.90 bits per heavy atom. The van der Waals surface area contributed by atoms with E-state index in [0.717, 1.165) is 18.5 Å². The first-order chi connectivity index (χ1) is 9.63. The summed E-state index contributed by atoms with van der Waals surface area (Å²) in [6.07, 6.45) is 0.978. The third-order valence-electron chi connectivity index (χ3n) is 3.85. The molecule has 2 unspecified atom stereocenters. The zero-order valence-corrected chi connectivity index (χ0v) is 12.5. The van der Waals surface area contributed by atoms with Crippen molar-refractivity contribution in [1.82, 2.24) is 10.6 Å². The molecule has 2 atom stereocenters. The van der Waals surface area contributed by atoms with Crippen LogP contribution in [0.1, 0.15) is 31.0 Å². The van der Waals surface area contributed by atoms with Crippen molar-refractivity contribution in [1.29, 1.82) is 0 Å². The number of carbonyl (C=O) groups is 1. The van der Waals surface area contributed by atoms with E-state index in [0.29, 0.717) is 12.5 Å². The maximum Gasteiger partial charge on any atom is 0.242 e. The molecule has 4 nitrogen and oxygen atoms in total. The number of nitrogens with one attached hydrogen (secondary N) is 2. The van der Waals surface area contributed by atoms with Gasteiger partial charge in [-0.1, -0.05) is 38.1 Å². The molecule has 0 aromatic heterocycles. The van der Waals surface area contributed by atoms with E-state index in [9.17, 15) is 4.79 Å². The van der Waals surface area contributed by atoms with Crippen LogP contribution in [0.15, 0.2) is 24.3 Å². The van der Waals surface area contributed by atoms with Crippen molar-refractivity contribution < 1.29 is 9.53 Å². The molecule has 1 aromatic rings. The van der Waals surface area contributed by atoms with Gasteiger partial charge in [0, 0.05) is 13.7 Å². The third kappa shape index (κ3) is 3.38. The van der Waals surface area contributed by atoms with Gasteiger partial charge in [0.15, 0.2) is 0 Å². The highest BCUT2D eigenvalue weighted by molar-refractivity contribution is 5.84. The van der Waals surface area contributed by atoms with Crippen LogP contribution in [0, 0.1) is 5.92 Å². The predicted molar refractivity (Wildman–Crippen MR) is 79.5 cm³/mol. The van der Waals surface area contributed by atoms with Gasteiger partial charge in [0.2, 0.25) is 5.91 Å². The highest BCUT2D eigenvalue weighted by Gasteiger charge is 2.27. The molecule has 1 amide bonds. The van der Waals surface area contributed by atoms with Crippen molar-refractivity contribution in [2.75, 3.05) is 20.3 Å². The summed E-state index contributed by atoms with van der Waals surface area (Å²) in [5.41, 5.74) is 2.36. The van der Waals surface area contributed by atoms with Gasteiger partial charge in [-0.25, -0.2) is 0 Å². The molecule has 110 valence electrons. The van der Waals surface area contributed by atoms with E-state index >= 15 is 0 Å². The molecule has 0 fully saturated rings. The van der Waals surface area contributed by atoms with Crippen LogP contribution in [0.4, 0.5) is 0 Å². The van der Waals surface area contributed by atoms with Gasteiger partial charge < -0.3 is 15.4 Å². The number of benzene rings is 1. The first-order valence-electron chi connectivity index (χ1n) is 7.24. The maximum absolute atomic E-state index is 12.5. The number of amides is 1. The van der Waals surface area contributed by atoms with Crippen LogP contribution in [-0.2, 0) is 16.0 Å². The molecule has 0 saturated heterocycles. The number of rotatable bonds is 5. The van der Waals surface area contributed by atoms with E-state index in [4.69, 9.17) is 4.74 Å². The number of methoxy groups -OCH3 is 1. The fourth-order valence-corrected chi connectivity index (χ4v) is 2.58. The second-order valence-corrected chi connectivity index (χ2v) is 5.65. The molecule has 0 saturated carbocycles. The van der Waals surface area contributed by atoms with Crippen LogP contribution in [-0.4, -0.2) is 32.2 Å². The Hall–Kier alpha value is -1.39. The van der Waals surface area contributed by atoms with E-state index in [-0.39, 0.29) is 18.0 Å². The number of carbonyl (C=O) groups excluding carboxylic acids is 1. The lowest BCUT2D eigenvalue weighted by Gasteiger charge is -2.29. The second-order valence-electron chi connectivity index (χ2n) is 5.65. The molecular formula is C16H24N2O2. The van der Waals surface area contributed by atoms with Gasteiger partial charge in [-0.3, -0.25) is 4.79 Å². The Bertz CT molecular complexity index is 460. The summed E-state index contributed by atoms with van der Waals surface area (Å²) in [5.74, 6) is 0.380. The van der Waals surface area contributed by atoms with Gasteiger partial charge in [-0.15, -0.1) is 0 Å². The smallest absolute Gasteiger partial charge is 0.242 e. The maximum atomic E-state index is 12.5. The molecule has 1 heterocycles. The standard InChI is InChI=1S/C16H24N2O2/c1-11(2)14(10-20-3)18-16(19)15-13-7-5-4-6-12(13)8-9-17-15/h4-7,11,14-15,17H,8-10H2,1-3H3,(H,18,19). The summed E-state index contributed by atoms with van der Waals surface area (Å²) < 4.78 is 5.19. The van der Waals surface area contributed by atoms with Gasteiger partial charge in [-0.2, -0.15) is 0 Å². The minimum Gasteiger partial charge on any atom is -0.383 e. The van der Waals surface area contributed by atoms with Gasteiger partial charge in [0.25, 0.3) is 0 Å². The first-order valence-corrected chi connectivity index (χ1v) is 7.24. The number of hydrogen-bond acceptors (Lipinski definition) is 3. The van der Waals surface area contributed by atoms with Crippen LogP contribution < -0.4 is 10.6 Å². The van der Waals surface area contributed by atoms with Crippen molar-refractivity contribution in [3.8, 4) is 0 Å². The van der Waals surface area contributed by atoms with E-state index in [1.165, 1.54) is 5.56 Å². The van der Waals surface area contributed by atoms with Crippen LogP contribution in [0.5, 0.6) is 0 Å². The predicted octanol–water partition coefficient (Wildman–Crippen LogP) is 1.66. The van der Waals surface area contributed by atoms with Gasteiger partial charge >= 0.3 is 0 Å². The molecular weight excluding hydrogens is 252 g/mol. The third-order valence-corrected chi connectivity index (χ3v) is 3.85. The zero-order valence-electron chi connectivity index (χ0n) is 12.5. The Kier molecular flexibility index (Phi) is 5.15. The van der Waals surface area contributed by atoms with Crippen molar-refractivity contribution in [3.63, 3.8) is 0 Å². The minimum absolute atomic E-state index is 0.0351. The normalized spacial score (nSPS) is 19.5. The van der Waals surface area contributed by atoms with Crippen molar-refractivity contribution in [2.24, 2.45) is 5.92 Å². The highest BCUT2D eigenvalue weighted by atomic mass is 16.5. The van der Waals surface area contributed by atoms with Crippen LogP contribution >= 0.6 is 0 Å². The molecule has 2 N–H and O–H groups in total. The number of hydrogen-bond donors (Lipinski definition) is 2. The topological polar surface area (TPSA) is 50.4 Å². The molecule has 1 aliphatic heterocycles. The second kappa shape index (κ2) is 6.86. The lowest BCUT2D eigenvalue weighted by molar-refractivity contribution is -0.124. The SMILES string of the molecule is COCC(NC(=O)C1NCCc2ccccc21)C(C)C. The van der Waals surface area contributed by atoms with Gasteiger partial charge in [0.1, 0.15) is 6.04 Å². The number of fused-ring (bicyclic) bond motifs is 1. The molecule has 4 heteroatoms. The summed E-state index contributed by atoms with van der Waals surface area (Å²) in [4.78, 5) is 12.5. The molecule has 0 radical (unpaired) electrons. The molecule has 0 spiro atoms. The highest BCUT2D eigenvalue weighted by Crippen LogP contribution is 2.23. The Labute approximate surface area is 120 Å². The largest absolute Gasteiger partial charge is 0.383 e. The minimum atomic E-state index is -0.252. The van der Waals surface area contributed by atoms with Gasteiger partial charge in [-0.05, 0) is 23.5 Å². The fourth-order valence-electron chi connectivity index (χ4n) is 2.58. The molecule has 2 rings (SSSR count). The zero-order chi connectivity index (χ0) is 14.5. The Morgan fingerprint density at radius 2 is 2.20 bits per heavy atom. The average Bonchev–Trinajstić information content (AvgIpc) is 2.46. The molecule has 0 aliphatic carbocycles. The van der Waals surface area contributed by atoms with Crippen molar-refractivity contribution in [3.05, 3.63) is 35.4 Å². The molecule has 20 heavy (non-hydrogen) atoms. The van der Waals surface area contributed by atoms with Crippen LogP contribution in [0.25, 0.3) is 0 Å². The van der Waals surface area contributed by atoms with Gasteiger partial charge in [0.05, 0.1) is 12.6 Å². The molecule has 1 aliphatic rings. The lowest BCUT2D eigenvalue weighted by atomic mass is 9.93. The summed E-state index contributed by atoms with van der Waals surface area (Å²) in [5, 5.41) is 6.41. The van der Waals surface area contributed by atoms with E-state index in [1.54, 1.807) is 7.11 Å². The summed E-state index contributed by atoms with van der Waals surface area (Å²) >= 11 is 0. The molecule has 0 bridgehead atoms. The summed E-state index contributed by atoms with van der Waals surface area (Å²) in [6, 6.07) is 7.95. The van der Waals surface area contributed by atoms with Crippen molar-refractivity contribution >= 4 is 5.91 Å². The lowest BCUT2D eigenvalue weighted by Crippen LogP contribution is -2.48. The van der Waals surface area contributed by atoms with Crippen LogP contribution in [0.2, 0.25) is 0 Å². The Morgan fingerprint density at radius 1 is 1.45 bits per heavy atom. The molecule has 1 aromatic carbocycles. The fraction of sp³-hybridized carbons (Fsp3) is 0.562. The van der Waals surface area contributed by atoms with E-state index in [2.05, 4.69) is 30.5 Å². The average molecular weight is 276 g/mol.